The number of carbonyl (C=O) groups is 1. The molecule has 0 unspecified atom stereocenters. The second-order valence-electron chi connectivity index (χ2n) is 5.26. The Labute approximate surface area is 137 Å². The number of amides is 1. The Kier molecular flexibility index (Phi) is 4.68. The van der Waals surface area contributed by atoms with Crippen LogP contribution >= 0.6 is 15.9 Å². The zero-order chi connectivity index (χ0) is 15.4. The summed E-state index contributed by atoms with van der Waals surface area (Å²) in [6.07, 6.45) is 5.24. The number of pyridine rings is 2. The van der Waals surface area contributed by atoms with Crippen LogP contribution in [0.1, 0.15) is 23.3 Å². The van der Waals surface area contributed by atoms with E-state index in [0.717, 1.165) is 36.2 Å². The first kappa shape index (κ1) is 15.0. The molecule has 5 nitrogen and oxygen atoms in total. The fourth-order valence-electron chi connectivity index (χ4n) is 2.60. The SMILES string of the molecule is O=C(NC1CCN(c2ncccc2Br)CC1)c1ccccn1. The van der Waals surface area contributed by atoms with Crippen LogP contribution in [0.2, 0.25) is 0 Å². The van der Waals surface area contributed by atoms with Crippen molar-refractivity contribution in [2.45, 2.75) is 18.9 Å². The largest absolute Gasteiger partial charge is 0.356 e. The average molecular weight is 361 g/mol. The summed E-state index contributed by atoms with van der Waals surface area (Å²) in [7, 11) is 0. The van der Waals surface area contributed by atoms with Crippen LogP contribution < -0.4 is 10.2 Å². The minimum absolute atomic E-state index is 0.0990. The maximum Gasteiger partial charge on any atom is 0.270 e. The minimum atomic E-state index is -0.0990. The van der Waals surface area contributed by atoms with Crippen molar-refractivity contribution in [2.24, 2.45) is 0 Å². The molecular formula is C16H17BrN4O. The van der Waals surface area contributed by atoms with Crippen LogP contribution in [0.25, 0.3) is 0 Å². The third-order valence-electron chi connectivity index (χ3n) is 3.77. The van der Waals surface area contributed by atoms with E-state index < -0.39 is 0 Å². The Balaban J connectivity index is 1.56. The molecule has 1 amide bonds. The lowest BCUT2D eigenvalue weighted by Gasteiger charge is -2.33. The molecule has 0 atom stereocenters. The van der Waals surface area contributed by atoms with Crippen molar-refractivity contribution in [3.8, 4) is 0 Å². The van der Waals surface area contributed by atoms with E-state index in [9.17, 15) is 4.79 Å². The highest BCUT2D eigenvalue weighted by atomic mass is 79.9. The number of halogens is 1. The minimum Gasteiger partial charge on any atom is -0.356 e. The number of aromatic nitrogens is 2. The highest BCUT2D eigenvalue weighted by Crippen LogP contribution is 2.25. The van der Waals surface area contributed by atoms with Gasteiger partial charge in [0.1, 0.15) is 11.5 Å². The molecule has 1 aliphatic rings. The molecule has 3 heterocycles. The van der Waals surface area contributed by atoms with Crippen LogP contribution in [0.4, 0.5) is 5.82 Å². The summed E-state index contributed by atoms with van der Waals surface area (Å²) in [4.78, 5) is 22.9. The molecule has 114 valence electrons. The van der Waals surface area contributed by atoms with Crippen LogP contribution in [-0.4, -0.2) is 35.0 Å². The van der Waals surface area contributed by atoms with E-state index in [2.05, 4.69) is 36.1 Å². The summed E-state index contributed by atoms with van der Waals surface area (Å²) in [6, 6.07) is 9.46. The molecule has 1 saturated heterocycles. The molecule has 2 aromatic rings. The Hall–Kier alpha value is -1.95. The average Bonchev–Trinajstić information content (AvgIpc) is 2.57. The van der Waals surface area contributed by atoms with Crippen molar-refractivity contribution in [1.82, 2.24) is 15.3 Å². The molecule has 1 aliphatic heterocycles. The van der Waals surface area contributed by atoms with Gasteiger partial charge < -0.3 is 10.2 Å². The smallest absolute Gasteiger partial charge is 0.270 e. The highest BCUT2D eigenvalue weighted by molar-refractivity contribution is 9.10. The van der Waals surface area contributed by atoms with Gasteiger partial charge in [-0.15, -0.1) is 0 Å². The van der Waals surface area contributed by atoms with E-state index in [1.807, 2.05) is 18.2 Å². The predicted molar refractivity (Wildman–Crippen MR) is 88.9 cm³/mol. The first-order valence-corrected chi connectivity index (χ1v) is 8.10. The van der Waals surface area contributed by atoms with Gasteiger partial charge in [-0.3, -0.25) is 9.78 Å². The molecule has 1 N–H and O–H groups in total. The fraction of sp³-hybridized carbons (Fsp3) is 0.312. The summed E-state index contributed by atoms with van der Waals surface area (Å²) in [5, 5.41) is 3.06. The number of nitrogens with one attached hydrogen (secondary N) is 1. The summed E-state index contributed by atoms with van der Waals surface area (Å²) in [5.74, 6) is 0.870. The monoisotopic (exact) mass is 360 g/mol. The van der Waals surface area contributed by atoms with Gasteiger partial charge in [-0.25, -0.2) is 4.98 Å². The van der Waals surface area contributed by atoms with Crippen molar-refractivity contribution in [1.29, 1.82) is 0 Å². The van der Waals surface area contributed by atoms with Crippen LogP contribution in [0.5, 0.6) is 0 Å². The van der Waals surface area contributed by atoms with E-state index in [-0.39, 0.29) is 11.9 Å². The standard InChI is InChI=1S/C16H17BrN4O/c17-13-4-3-9-19-15(13)21-10-6-12(7-11-21)20-16(22)14-5-1-2-8-18-14/h1-5,8-9,12H,6-7,10-11H2,(H,20,22). The Bertz CT molecular complexity index is 642. The zero-order valence-corrected chi connectivity index (χ0v) is 13.7. The molecule has 0 radical (unpaired) electrons. The van der Waals surface area contributed by atoms with Gasteiger partial charge in [0, 0.05) is 31.5 Å². The quantitative estimate of drug-likeness (QED) is 0.913. The van der Waals surface area contributed by atoms with Crippen LogP contribution in [-0.2, 0) is 0 Å². The first-order valence-electron chi connectivity index (χ1n) is 7.31. The molecule has 0 aromatic carbocycles. The number of rotatable bonds is 3. The highest BCUT2D eigenvalue weighted by Gasteiger charge is 2.23. The molecule has 0 aliphatic carbocycles. The van der Waals surface area contributed by atoms with Gasteiger partial charge in [-0.2, -0.15) is 0 Å². The summed E-state index contributed by atoms with van der Waals surface area (Å²) in [6.45, 7) is 1.76. The van der Waals surface area contributed by atoms with Crippen LogP contribution in [0.15, 0.2) is 47.2 Å². The van der Waals surface area contributed by atoms with Gasteiger partial charge in [0.25, 0.3) is 5.91 Å². The normalized spacial score (nSPS) is 15.6. The van der Waals surface area contributed by atoms with Gasteiger partial charge in [0.05, 0.1) is 4.47 Å². The third-order valence-corrected chi connectivity index (χ3v) is 4.39. The molecule has 0 saturated carbocycles. The molecule has 0 bridgehead atoms. The van der Waals surface area contributed by atoms with Gasteiger partial charge in [-0.1, -0.05) is 6.07 Å². The Morgan fingerprint density at radius 3 is 2.59 bits per heavy atom. The van der Waals surface area contributed by atoms with E-state index in [1.54, 1.807) is 24.5 Å². The molecule has 1 fully saturated rings. The zero-order valence-electron chi connectivity index (χ0n) is 12.1. The van der Waals surface area contributed by atoms with Gasteiger partial charge in [0.15, 0.2) is 0 Å². The predicted octanol–water partition coefficient (Wildman–Crippen LogP) is 2.64. The second-order valence-corrected chi connectivity index (χ2v) is 6.11. The van der Waals surface area contributed by atoms with E-state index in [4.69, 9.17) is 0 Å². The molecule has 2 aromatic heterocycles. The topological polar surface area (TPSA) is 58.1 Å². The van der Waals surface area contributed by atoms with Gasteiger partial charge in [-0.05, 0) is 53.0 Å². The lowest BCUT2D eigenvalue weighted by Crippen LogP contribution is -2.45. The number of hydrogen-bond donors (Lipinski definition) is 1. The number of piperidine rings is 1. The lowest BCUT2D eigenvalue weighted by molar-refractivity contribution is 0.0926. The number of anilines is 1. The summed E-state index contributed by atoms with van der Waals surface area (Å²) in [5.41, 5.74) is 0.470. The molecule has 0 spiro atoms. The van der Waals surface area contributed by atoms with Crippen LogP contribution in [0, 0.1) is 0 Å². The fourth-order valence-corrected chi connectivity index (χ4v) is 3.11. The molecule has 6 heteroatoms. The van der Waals surface area contributed by atoms with Crippen molar-refractivity contribution >= 4 is 27.7 Å². The van der Waals surface area contributed by atoms with E-state index in [1.165, 1.54) is 0 Å². The lowest BCUT2D eigenvalue weighted by atomic mass is 10.0. The van der Waals surface area contributed by atoms with Crippen molar-refractivity contribution in [3.05, 3.63) is 52.9 Å². The second kappa shape index (κ2) is 6.87. The summed E-state index contributed by atoms with van der Waals surface area (Å²) >= 11 is 3.54. The number of carbonyl (C=O) groups excluding carboxylic acids is 1. The van der Waals surface area contributed by atoms with E-state index in [0.29, 0.717) is 5.69 Å². The van der Waals surface area contributed by atoms with Gasteiger partial charge in [0.2, 0.25) is 0 Å². The molecule has 3 rings (SSSR count). The third kappa shape index (κ3) is 3.44. The van der Waals surface area contributed by atoms with Crippen molar-refractivity contribution in [3.63, 3.8) is 0 Å². The Morgan fingerprint density at radius 2 is 1.91 bits per heavy atom. The van der Waals surface area contributed by atoms with Gasteiger partial charge >= 0.3 is 0 Å². The first-order chi connectivity index (χ1) is 10.7. The van der Waals surface area contributed by atoms with Crippen molar-refractivity contribution < 1.29 is 4.79 Å². The van der Waals surface area contributed by atoms with Crippen molar-refractivity contribution in [2.75, 3.05) is 18.0 Å². The number of nitrogens with zero attached hydrogens (tertiary/aromatic N) is 3. The van der Waals surface area contributed by atoms with Crippen LogP contribution in [0.3, 0.4) is 0 Å². The molecular weight excluding hydrogens is 344 g/mol. The summed E-state index contributed by atoms with van der Waals surface area (Å²) < 4.78 is 1.01. The Morgan fingerprint density at radius 1 is 1.14 bits per heavy atom. The maximum absolute atomic E-state index is 12.1. The molecule has 22 heavy (non-hydrogen) atoms. The number of hydrogen-bond acceptors (Lipinski definition) is 4. The van der Waals surface area contributed by atoms with E-state index >= 15 is 0 Å². The maximum atomic E-state index is 12.1.